The van der Waals surface area contributed by atoms with Crippen LogP contribution in [0.25, 0.3) is 5.57 Å². The molecule has 0 bridgehead atoms. The summed E-state index contributed by atoms with van der Waals surface area (Å²) < 4.78 is 0. The van der Waals surface area contributed by atoms with Crippen LogP contribution in [0.15, 0.2) is 42.1 Å². The molecule has 0 aliphatic carbocycles. The third-order valence-electron chi connectivity index (χ3n) is 5.82. The quantitative estimate of drug-likeness (QED) is 0.578. The molecule has 0 N–H and O–H groups in total. The minimum atomic E-state index is -0.345. The molecule has 156 valence electrons. The zero-order valence-corrected chi connectivity index (χ0v) is 18.8. The Bertz CT molecular complexity index is 1050. The molecule has 1 saturated heterocycles. The van der Waals surface area contributed by atoms with E-state index in [1.807, 2.05) is 36.9 Å². The van der Waals surface area contributed by atoms with Crippen LogP contribution in [0.1, 0.15) is 36.5 Å². The highest BCUT2D eigenvalue weighted by atomic mass is 35.5. The summed E-state index contributed by atoms with van der Waals surface area (Å²) in [4.78, 5) is 30.6. The molecule has 0 unspecified atom stereocenters. The lowest BCUT2D eigenvalue weighted by atomic mass is 9.97. The number of aryl methyl sites for hydroxylation is 2. The van der Waals surface area contributed by atoms with E-state index in [4.69, 9.17) is 23.2 Å². The third kappa shape index (κ3) is 3.75. The summed E-state index contributed by atoms with van der Waals surface area (Å²) in [5, 5.41) is 0.851. The number of anilines is 1. The Morgan fingerprint density at radius 2 is 1.53 bits per heavy atom. The number of carbonyl (C=O) groups excluding carboxylic acids is 2. The first-order chi connectivity index (χ1) is 14.3. The van der Waals surface area contributed by atoms with Crippen LogP contribution in [0, 0.1) is 19.8 Å². The van der Waals surface area contributed by atoms with Gasteiger partial charge in [0.15, 0.2) is 0 Å². The Kier molecular flexibility index (Phi) is 5.65. The zero-order valence-electron chi connectivity index (χ0n) is 17.3. The topological polar surface area (TPSA) is 40.6 Å². The molecule has 6 heteroatoms. The SMILES string of the molecule is Cc1cc(C)cc(N2C(=O)C(c3ccc(Cl)cc3Cl)=C(N3CCC(C)CC3)C2=O)c1. The summed E-state index contributed by atoms with van der Waals surface area (Å²) in [6.07, 6.45) is 1.96. The third-order valence-corrected chi connectivity index (χ3v) is 6.37. The summed E-state index contributed by atoms with van der Waals surface area (Å²) >= 11 is 12.6. The molecule has 0 atom stereocenters. The molecule has 0 radical (unpaired) electrons. The molecule has 4 rings (SSSR count). The van der Waals surface area contributed by atoms with Crippen molar-refractivity contribution in [3.8, 4) is 0 Å². The summed E-state index contributed by atoms with van der Waals surface area (Å²) in [5.41, 5.74) is 3.92. The number of likely N-dealkylation sites (tertiary alicyclic amines) is 1. The summed E-state index contributed by atoms with van der Waals surface area (Å²) in [6, 6.07) is 10.8. The van der Waals surface area contributed by atoms with E-state index in [1.54, 1.807) is 18.2 Å². The van der Waals surface area contributed by atoms with E-state index in [1.165, 1.54) is 4.90 Å². The van der Waals surface area contributed by atoms with Crippen LogP contribution in [-0.2, 0) is 9.59 Å². The highest BCUT2D eigenvalue weighted by molar-refractivity contribution is 6.47. The van der Waals surface area contributed by atoms with Crippen LogP contribution < -0.4 is 4.90 Å². The predicted octanol–water partition coefficient (Wildman–Crippen LogP) is 5.63. The first-order valence-corrected chi connectivity index (χ1v) is 10.9. The van der Waals surface area contributed by atoms with E-state index in [2.05, 4.69) is 6.92 Å². The van der Waals surface area contributed by atoms with E-state index in [0.717, 1.165) is 37.1 Å². The van der Waals surface area contributed by atoms with E-state index < -0.39 is 0 Å². The largest absolute Gasteiger partial charge is 0.366 e. The van der Waals surface area contributed by atoms with Gasteiger partial charge in [-0.15, -0.1) is 0 Å². The van der Waals surface area contributed by atoms with Gasteiger partial charge in [0.1, 0.15) is 5.70 Å². The highest BCUT2D eigenvalue weighted by Gasteiger charge is 2.43. The smallest absolute Gasteiger partial charge is 0.282 e. The van der Waals surface area contributed by atoms with Gasteiger partial charge in [0, 0.05) is 23.7 Å². The maximum Gasteiger partial charge on any atom is 0.282 e. The number of benzene rings is 2. The lowest BCUT2D eigenvalue weighted by Crippen LogP contribution is -2.38. The molecule has 2 aliphatic heterocycles. The summed E-state index contributed by atoms with van der Waals surface area (Å²) in [5.74, 6) is -0.0319. The van der Waals surface area contributed by atoms with E-state index >= 15 is 0 Å². The molecule has 2 aromatic rings. The average Bonchev–Trinajstić information content (AvgIpc) is 2.92. The number of rotatable bonds is 3. The Morgan fingerprint density at radius 1 is 0.900 bits per heavy atom. The number of nitrogens with zero attached hydrogens (tertiary/aromatic N) is 2. The van der Waals surface area contributed by atoms with Gasteiger partial charge in [-0.2, -0.15) is 0 Å². The molecule has 2 heterocycles. The Labute approximate surface area is 187 Å². The van der Waals surface area contributed by atoms with Crippen LogP contribution in [0.4, 0.5) is 5.69 Å². The second kappa shape index (κ2) is 8.09. The van der Waals surface area contributed by atoms with Gasteiger partial charge in [-0.05, 0) is 68.0 Å². The molecule has 4 nitrogen and oxygen atoms in total. The van der Waals surface area contributed by atoms with Gasteiger partial charge in [0.05, 0.1) is 16.3 Å². The minimum Gasteiger partial charge on any atom is -0.366 e. The second-order valence-electron chi connectivity index (χ2n) is 8.31. The second-order valence-corrected chi connectivity index (χ2v) is 9.15. The van der Waals surface area contributed by atoms with Crippen LogP contribution in [0.2, 0.25) is 10.0 Å². The van der Waals surface area contributed by atoms with Crippen molar-refractivity contribution in [1.29, 1.82) is 0 Å². The van der Waals surface area contributed by atoms with Gasteiger partial charge in [0.25, 0.3) is 11.8 Å². The predicted molar refractivity (Wildman–Crippen MR) is 122 cm³/mol. The van der Waals surface area contributed by atoms with Crippen molar-refractivity contribution in [2.45, 2.75) is 33.6 Å². The Morgan fingerprint density at radius 3 is 2.13 bits per heavy atom. The van der Waals surface area contributed by atoms with Crippen molar-refractivity contribution in [3.63, 3.8) is 0 Å². The van der Waals surface area contributed by atoms with Gasteiger partial charge < -0.3 is 4.90 Å². The van der Waals surface area contributed by atoms with E-state index in [9.17, 15) is 9.59 Å². The monoisotopic (exact) mass is 442 g/mol. The summed E-state index contributed by atoms with van der Waals surface area (Å²) in [6.45, 7) is 7.61. The van der Waals surface area contributed by atoms with Gasteiger partial charge in [-0.3, -0.25) is 9.59 Å². The van der Waals surface area contributed by atoms with Crippen molar-refractivity contribution in [2.24, 2.45) is 5.92 Å². The van der Waals surface area contributed by atoms with Crippen LogP contribution in [0.3, 0.4) is 0 Å². The number of halogens is 2. The molecule has 0 saturated carbocycles. The lowest BCUT2D eigenvalue weighted by molar-refractivity contribution is -0.120. The van der Waals surface area contributed by atoms with Crippen molar-refractivity contribution >= 4 is 46.3 Å². The molecule has 2 aromatic carbocycles. The molecule has 0 spiro atoms. The van der Waals surface area contributed by atoms with Crippen LogP contribution >= 0.6 is 23.2 Å². The van der Waals surface area contributed by atoms with Gasteiger partial charge in [0.2, 0.25) is 0 Å². The molecular weight excluding hydrogens is 419 g/mol. The molecule has 1 fully saturated rings. The Balaban J connectivity index is 1.86. The number of hydrogen-bond acceptors (Lipinski definition) is 3. The number of imide groups is 1. The number of amides is 2. The van der Waals surface area contributed by atoms with E-state index in [0.29, 0.717) is 38.5 Å². The Hall–Kier alpha value is -2.30. The van der Waals surface area contributed by atoms with Crippen molar-refractivity contribution in [2.75, 3.05) is 18.0 Å². The normalized spacial score (nSPS) is 18.0. The maximum absolute atomic E-state index is 13.6. The van der Waals surface area contributed by atoms with Crippen LogP contribution in [0.5, 0.6) is 0 Å². The fourth-order valence-corrected chi connectivity index (χ4v) is 4.80. The lowest BCUT2D eigenvalue weighted by Gasteiger charge is -2.32. The standard InChI is InChI=1S/C24H24Cl2N2O2/c1-14-6-8-27(9-7-14)22-21(19-5-4-17(25)13-20(19)26)23(29)28(24(22)30)18-11-15(2)10-16(3)12-18/h4-5,10-14H,6-9H2,1-3H3. The molecule has 30 heavy (non-hydrogen) atoms. The van der Waals surface area contributed by atoms with Gasteiger partial charge >= 0.3 is 0 Å². The van der Waals surface area contributed by atoms with Gasteiger partial charge in [-0.25, -0.2) is 4.90 Å². The van der Waals surface area contributed by atoms with Crippen molar-refractivity contribution in [1.82, 2.24) is 4.90 Å². The molecule has 2 aliphatic rings. The molecule has 0 aromatic heterocycles. The fourth-order valence-electron chi connectivity index (χ4n) is 4.29. The number of hydrogen-bond donors (Lipinski definition) is 0. The first kappa shape index (κ1) is 21.0. The van der Waals surface area contributed by atoms with Crippen molar-refractivity contribution in [3.05, 3.63) is 68.8 Å². The van der Waals surface area contributed by atoms with Crippen LogP contribution in [-0.4, -0.2) is 29.8 Å². The number of piperidine rings is 1. The minimum absolute atomic E-state index is 0.291. The average molecular weight is 443 g/mol. The zero-order chi connectivity index (χ0) is 21.6. The van der Waals surface area contributed by atoms with Crippen molar-refractivity contribution < 1.29 is 9.59 Å². The number of carbonyl (C=O) groups is 2. The molecule has 2 amide bonds. The fraction of sp³-hybridized carbons (Fsp3) is 0.333. The highest BCUT2D eigenvalue weighted by Crippen LogP contribution is 2.39. The van der Waals surface area contributed by atoms with E-state index in [-0.39, 0.29) is 11.8 Å². The maximum atomic E-state index is 13.6. The molecular formula is C24H24Cl2N2O2. The summed E-state index contributed by atoms with van der Waals surface area (Å²) in [7, 11) is 0. The first-order valence-electron chi connectivity index (χ1n) is 10.2. The van der Waals surface area contributed by atoms with Gasteiger partial charge in [-0.1, -0.05) is 42.3 Å².